The molecule has 2 aromatic heterocycles. The van der Waals surface area contributed by atoms with Crippen LogP contribution < -0.4 is 0 Å². The second-order valence-corrected chi connectivity index (χ2v) is 3.37. The maximum absolute atomic E-state index is 4.93. The van der Waals surface area contributed by atoms with Gasteiger partial charge in [0.15, 0.2) is 5.69 Å². The predicted molar refractivity (Wildman–Crippen MR) is 48.9 cm³/mol. The highest BCUT2D eigenvalue weighted by Gasteiger charge is 2.10. The van der Waals surface area contributed by atoms with Crippen LogP contribution in [0.3, 0.4) is 0 Å². The van der Waals surface area contributed by atoms with Gasteiger partial charge in [-0.25, -0.2) is 0 Å². The Kier molecular flexibility index (Phi) is 1.91. The maximum atomic E-state index is 4.93. The first-order chi connectivity index (χ1) is 6.16. The monoisotopic (exact) mass is 242 g/mol. The van der Waals surface area contributed by atoms with Gasteiger partial charge in [-0.2, -0.15) is 10.1 Å². The SMILES string of the molecule is Cc1cc(-c2nc(Br)no2)nn1C. The molecule has 0 aliphatic carbocycles. The number of aryl methyl sites for hydroxylation is 2. The van der Waals surface area contributed by atoms with Gasteiger partial charge in [0, 0.05) is 12.7 Å². The van der Waals surface area contributed by atoms with Crippen molar-refractivity contribution in [3.8, 4) is 11.6 Å². The lowest BCUT2D eigenvalue weighted by Gasteiger charge is -1.88. The molecule has 0 aromatic carbocycles. The van der Waals surface area contributed by atoms with Gasteiger partial charge in [-0.3, -0.25) is 4.68 Å². The molecular formula is C7H7BrN4O. The summed E-state index contributed by atoms with van der Waals surface area (Å²) < 4.78 is 7.13. The molecule has 2 heterocycles. The van der Waals surface area contributed by atoms with Gasteiger partial charge in [0.05, 0.1) is 0 Å². The van der Waals surface area contributed by atoms with Crippen LogP contribution >= 0.6 is 15.9 Å². The second kappa shape index (κ2) is 2.95. The molecule has 2 aromatic rings. The lowest BCUT2D eigenvalue weighted by molar-refractivity contribution is 0.424. The van der Waals surface area contributed by atoms with Crippen molar-refractivity contribution in [3.05, 3.63) is 16.5 Å². The van der Waals surface area contributed by atoms with Crippen molar-refractivity contribution in [1.29, 1.82) is 0 Å². The van der Waals surface area contributed by atoms with E-state index in [1.54, 1.807) is 4.68 Å². The van der Waals surface area contributed by atoms with Gasteiger partial charge in [0.1, 0.15) is 0 Å². The predicted octanol–water partition coefficient (Wildman–Crippen LogP) is 1.54. The lowest BCUT2D eigenvalue weighted by Crippen LogP contribution is -1.92. The fraction of sp³-hybridized carbons (Fsp3) is 0.286. The third-order valence-corrected chi connectivity index (χ3v) is 2.06. The molecule has 0 unspecified atom stereocenters. The topological polar surface area (TPSA) is 56.7 Å². The van der Waals surface area contributed by atoms with Crippen molar-refractivity contribution in [2.45, 2.75) is 6.92 Å². The summed E-state index contributed by atoms with van der Waals surface area (Å²) in [5, 5.41) is 7.81. The standard InChI is InChI=1S/C7H7BrN4O/c1-4-3-5(10-12(4)2)6-9-7(8)11-13-6/h3H,1-2H3. The van der Waals surface area contributed by atoms with Crippen molar-refractivity contribution in [3.63, 3.8) is 0 Å². The van der Waals surface area contributed by atoms with E-state index in [1.807, 2.05) is 20.0 Å². The zero-order chi connectivity index (χ0) is 9.42. The van der Waals surface area contributed by atoms with Gasteiger partial charge in [-0.15, -0.1) is 0 Å². The van der Waals surface area contributed by atoms with E-state index in [4.69, 9.17) is 4.52 Å². The average molecular weight is 243 g/mol. The van der Waals surface area contributed by atoms with E-state index < -0.39 is 0 Å². The molecule has 2 rings (SSSR count). The zero-order valence-corrected chi connectivity index (χ0v) is 8.74. The first-order valence-corrected chi connectivity index (χ1v) is 4.46. The summed E-state index contributed by atoms with van der Waals surface area (Å²) in [6.45, 7) is 1.96. The van der Waals surface area contributed by atoms with Crippen molar-refractivity contribution in [2.75, 3.05) is 0 Å². The summed E-state index contributed by atoms with van der Waals surface area (Å²) in [6, 6.07) is 1.89. The van der Waals surface area contributed by atoms with Crippen molar-refractivity contribution < 1.29 is 4.52 Å². The largest absolute Gasteiger partial charge is 0.331 e. The summed E-state index contributed by atoms with van der Waals surface area (Å²) in [5.41, 5.74) is 1.74. The van der Waals surface area contributed by atoms with Crippen LogP contribution in [0, 0.1) is 6.92 Å². The van der Waals surface area contributed by atoms with Crippen molar-refractivity contribution >= 4 is 15.9 Å². The molecule has 0 N–H and O–H groups in total. The number of hydrogen-bond acceptors (Lipinski definition) is 4. The van der Waals surface area contributed by atoms with E-state index in [0.29, 0.717) is 16.3 Å². The molecule has 0 aliphatic heterocycles. The Hall–Kier alpha value is -1.17. The summed E-state index contributed by atoms with van der Waals surface area (Å²) in [6.07, 6.45) is 0. The molecule has 0 saturated carbocycles. The molecule has 0 fully saturated rings. The number of rotatable bonds is 1. The van der Waals surface area contributed by atoms with Crippen LogP contribution in [0.15, 0.2) is 15.3 Å². The molecule has 0 aliphatic rings. The van der Waals surface area contributed by atoms with Gasteiger partial charge < -0.3 is 4.52 Å². The molecule has 0 bridgehead atoms. The Morgan fingerprint density at radius 1 is 1.54 bits per heavy atom. The van der Waals surface area contributed by atoms with Crippen molar-refractivity contribution in [1.82, 2.24) is 19.9 Å². The molecule has 68 valence electrons. The highest BCUT2D eigenvalue weighted by molar-refractivity contribution is 9.10. The van der Waals surface area contributed by atoms with Gasteiger partial charge >= 0.3 is 0 Å². The number of halogens is 1. The van der Waals surface area contributed by atoms with E-state index in [9.17, 15) is 0 Å². The fourth-order valence-electron chi connectivity index (χ4n) is 0.975. The van der Waals surface area contributed by atoms with Gasteiger partial charge in [-0.1, -0.05) is 0 Å². The zero-order valence-electron chi connectivity index (χ0n) is 7.15. The normalized spacial score (nSPS) is 10.7. The first kappa shape index (κ1) is 8.43. The first-order valence-electron chi connectivity index (χ1n) is 3.67. The summed E-state index contributed by atoms with van der Waals surface area (Å²) >= 11 is 3.10. The van der Waals surface area contributed by atoms with E-state index in [2.05, 4.69) is 31.2 Å². The van der Waals surface area contributed by atoms with E-state index in [-0.39, 0.29) is 0 Å². The smallest absolute Gasteiger partial charge is 0.279 e. The highest BCUT2D eigenvalue weighted by Crippen LogP contribution is 2.17. The molecular weight excluding hydrogens is 236 g/mol. The quantitative estimate of drug-likeness (QED) is 0.762. The van der Waals surface area contributed by atoms with Crippen LogP contribution in [0.25, 0.3) is 11.6 Å². The fourth-order valence-corrected chi connectivity index (χ4v) is 1.21. The summed E-state index contributed by atoms with van der Waals surface area (Å²) in [4.78, 5) is 4.00. The van der Waals surface area contributed by atoms with Crippen LogP contribution in [-0.2, 0) is 7.05 Å². The van der Waals surface area contributed by atoms with E-state index >= 15 is 0 Å². The third kappa shape index (κ3) is 1.49. The number of nitrogens with zero attached hydrogens (tertiary/aromatic N) is 4. The molecule has 6 heteroatoms. The van der Waals surface area contributed by atoms with Crippen LogP contribution in [0.5, 0.6) is 0 Å². The highest BCUT2D eigenvalue weighted by atomic mass is 79.9. The average Bonchev–Trinajstić information content (AvgIpc) is 2.61. The van der Waals surface area contributed by atoms with E-state index in [0.717, 1.165) is 5.69 Å². The van der Waals surface area contributed by atoms with E-state index in [1.165, 1.54) is 0 Å². The van der Waals surface area contributed by atoms with Gasteiger partial charge in [0.25, 0.3) is 5.89 Å². The number of aromatic nitrogens is 4. The summed E-state index contributed by atoms with van der Waals surface area (Å²) in [5.74, 6) is 0.426. The van der Waals surface area contributed by atoms with Crippen LogP contribution in [-0.4, -0.2) is 19.9 Å². The van der Waals surface area contributed by atoms with Crippen LogP contribution in [0.4, 0.5) is 0 Å². The Bertz CT molecular complexity index is 414. The Morgan fingerprint density at radius 3 is 2.77 bits per heavy atom. The van der Waals surface area contributed by atoms with Gasteiger partial charge in [0.2, 0.25) is 4.73 Å². The Balaban J connectivity index is 2.46. The molecule has 0 radical (unpaired) electrons. The number of hydrogen-bond donors (Lipinski definition) is 0. The maximum Gasteiger partial charge on any atom is 0.279 e. The molecule has 0 spiro atoms. The van der Waals surface area contributed by atoms with Crippen LogP contribution in [0.2, 0.25) is 0 Å². The summed E-state index contributed by atoms with van der Waals surface area (Å²) in [7, 11) is 1.87. The lowest BCUT2D eigenvalue weighted by atomic mass is 10.4. The minimum absolute atomic E-state index is 0.426. The molecule has 13 heavy (non-hydrogen) atoms. The molecule has 0 saturated heterocycles. The second-order valence-electron chi connectivity index (χ2n) is 2.66. The van der Waals surface area contributed by atoms with Crippen molar-refractivity contribution in [2.24, 2.45) is 7.05 Å². The Morgan fingerprint density at radius 2 is 2.31 bits per heavy atom. The molecule has 0 amide bonds. The van der Waals surface area contributed by atoms with Crippen LogP contribution in [0.1, 0.15) is 5.69 Å². The Labute approximate surface area is 82.9 Å². The molecule has 5 nitrogen and oxygen atoms in total. The van der Waals surface area contributed by atoms with Gasteiger partial charge in [-0.05, 0) is 34.1 Å². The molecule has 0 atom stereocenters. The minimum Gasteiger partial charge on any atom is -0.331 e. The minimum atomic E-state index is 0.426. The third-order valence-electron chi connectivity index (χ3n) is 1.73.